The van der Waals surface area contributed by atoms with Crippen LogP contribution < -0.4 is 0 Å². The zero-order valence-electron chi connectivity index (χ0n) is 8.06. The average Bonchev–Trinajstić information content (AvgIpc) is 2.84. The molecule has 1 aromatic carbocycles. The molecule has 0 bridgehead atoms. The second-order valence-electron chi connectivity index (χ2n) is 3.35. The summed E-state index contributed by atoms with van der Waals surface area (Å²) in [6, 6.07) is 5.86. The van der Waals surface area contributed by atoms with Gasteiger partial charge in [-0.2, -0.15) is 15.4 Å². The van der Waals surface area contributed by atoms with Crippen molar-refractivity contribution in [2.75, 3.05) is 0 Å². The summed E-state index contributed by atoms with van der Waals surface area (Å²) in [6.07, 6.45) is 1.58. The lowest BCUT2D eigenvalue weighted by molar-refractivity contribution is 0.616. The highest BCUT2D eigenvalue weighted by atomic mass is 16.3. The van der Waals surface area contributed by atoms with Crippen molar-refractivity contribution < 1.29 is 4.42 Å². The van der Waals surface area contributed by atoms with E-state index in [1.807, 2.05) is 25.1 Å². The van der Waals surface area contributed by atoms with Gasteiger partial charge in [-0.3, -0.25) is 0 Å². The molecule has 0 unspecified atom stereocenters. The Labute approximate surface area is 85.1 Å². The summed E-state index contributed by atoms with van der Waals surface area (Å²) in [4.78, 5) is 4.33. The summed E-state index contributed by atoms with van der Waals surface area (Å²) in [7, 11) is 0. The molecule has 3 rings (SSSR count). The number of rotatable bonds is 1. The van der Waals surface area contributed by atoms with Crippen LogP contribution in [0.1, 0.15) is 5.56 Å². The molecule has 1 N–H and O–H groups in total. The highest BCUT2D eigenvalue weighted by molar-refractivity contribution is 5.76. The first-order chi connectivity index (χ1) is 7.33. The summed E-state index contributed by atoms with van der Waals surface area (Å²) < 4.78 is 5.53. The fourth-order valence-corrected chi connectivity index (χ4v) is 1.45. The van der Waals surface area contributed by atoms with E-state index < -0.39 is 0 Å². The van der Waals surface area contributed by atoms with Crippen molar-refractivity contribution in [1.29, 1.82) is 0 Å². The Balaban J connectivity index is 2.22. The summed E-state index contributed by atoms with van der Waals surface area (Å²) in [5.74, 6) is 0.490. The summed E-state index contributed by atoms with van der Waals surface area (Å²) in [6.45, 7) is 2.02. The first kappa shape index (κ1) is 8.16. The Bertz CT molecular complexity index is 597. The minimum absolute atomic E-state index is 0.490. The molecule has 0 aliphatic carbocycles. The maximum Gasteiger partial charge on any atom is 0.249 e. The van der Waals surface area contributed by atoms with E-state index in [9.17, 15) is 0 Å². The number of H-pyrrole nitrogens is 1. The van der Waals surface area contributed by atoms with Gasteiger partial charge < -0.3 is 4.42 Å². The van der Waals surface area contributed by atoms with E-state index in [2.05, 4.69) is 20.4 Å². The van der Waals surface area contributed by atoms with Crippen LogP contribution in [0.2, 0.25) is 0 Å². The molecule has 0 spiro atoms. The maximum atomic E-state index is 5.53. The van der Waals surface area contributed by atoms with Gasteiger partial charge in [-0.1, -0.05) is 6.07 Å². The van der Waals surface area contributed by atoms with E-state index in [1.165, 1.54) is 0 Å². The van der Waals surface area contributed by atoms with E-state index in [4.69, 9.17) is 4.42 Å². The molecule has 0 radical (unpaired) electrons. The van der Waals surface area contributed by atoms with Gasteiger partial charge in [0.05, 0.1) is 6.20 Å². The van der Waals surface area contributed by atoms with Crippen molar-refractivity contribution in [3.63, 3.8) is 0 Å². The minimum atomic E-state index is 0.490. The van der Waals surface area contributed by atoms with Crippen molar-refractivity contribution in [3.8, 4) is 11.6 Å². The fourth-order valence-electron chi connectivity index (χ4n) is 1.45. The van der Waals surface area contributed by atoms with Gasteiger partial charge in [0.1, 0.15) is 5.52 Å². The third kappa shape index (κ3) is 1.28. The predicted octanol–water partition coefficient (Wildman–Crippen LogP) is 1.92. The van der Waals surface area contributed by atoms with Gasteiger partial charge in [-0.05, 0) is 24.6 Å². The monoisotopic (exact) mass is 200 g/mol. The van der Waals surface area contributed by atoms with Crippen LogP contribution in [-0.2, 0) is 0 Å². The molecule has 0 saturated heterocycles. The third-order valence-corrected chi connectivity index (χ3v) is 2.18. The summed E-state index contributed by atoms with van der Waals surface area (Å²) in [5.41, 5.74) is 3.37. The number of oxazole rings is 1. The van der Waals surface area contributed by atoms with Crippen molar-refractivity contribution >= 4 is 11.1 Å². The van der Waals surface area contributed by atoms with Crippen LogP contribution in [0.3, 0.4) is 0 Å². The largest absolute Gasteiger partial charge is 0.435 e. The molecule has 0 aliphatic rings. The van der Waals surface area contributed by atoms with Crippen LogP contribution in [0.15, 0.2) is 28.8 Å². The number of aryl methyl sites for hydroxylation is 1. The Hall–Kier alpha value is -2.17. The topological polar surface area (TPSA) is 67.6 Å². The normalized spacial score (nSPS) is 11.0. The van der Waals surface area contributed by atoms with Crippen LogP contribution >= 0.6 is 0 Å². The zero-order chi connectivity index (χ0) is 10.3. The predicted molar refractivity (Wildman–Crippen MR) is 54.1 cm³/mol. The molecule has 5 nitrogen and oxygen atoms in total. The lowest BCUT2D eigenvalue weighted by Gasteiger charge is -1.87. The number of benzene rings is 1. The second kappa shape index (κ2) is 2.91. The van der Waals surface area contributed by atoms with Gasteiger partial charge in [0.15, 0.2) is 11.3 Å². The van der Waals surface area contributed by atoms with E-state index in [0.717, 1.165) is 16.7 Å². The number of aromatic amines is 1. The van der Waals surface area contributed by atoms with Crippen molar-refractivity contribution in [1.82, 2.24) is 20.4 Å². The number of hydrogen-bond acceptors (Lipinski definition) is 4. The van der Waals surface area contributed by atoms with Gasteiger partial charge in [0, 0.05) is 0 Å². The number of nitrogens with one attached hydrogen (secondary N) is 1. The molecule has 74 valence electrons. The third-order valence-electron chi connectivity index (χ3n) is 2.18. The van der Waals surface area contributed by atoms with Crippen molar-refractivity contribution in [2.24, 2.45) is 0 Å². The molecule has 0 fully saturated rings. The van der Waals surface area contributed by atoms with Crippen LogP contribution in [0.4, 0.5) is 0 Å². The van der Waals surface area contributed by atoms with Crippen LogP contribution in [0, 0.1) is 6.92 Å². The van der Waals surface area contributed by atoms with Gasteiger partial charge in [0.2, 0.25) is 5.89 Å². The Kier molecular flexibility index (Phi) is 1.58. The van der Waals surface area contributed by atoms with E-state index in [-0.39, 0.29) is 0 Å². The molecular formula is C10H8N4O. The Morgan fingerprint density at radius 3 is 3.07 bits per heavy atom. The highest BCUT2D eigenvalue weighted by Gasteiger charge is 2.09. The van der Waals surface area contributed by atoms with E-state index in [0.29, 0.717) is 11.6 Å². The smallest absolute Gasteiger partial charge is 0.249 e. The van der Waals surface area contributed by atoms with Crippen LogP contribution in [0.5, 0.6) is 0 Å². The summed E-state index contributed by atoms with van der Waals surface area (Å²) in [5, 5.41) is 10.1. The number of hydrogen-bond donors (Lipinski definition) is 1. The molecule has 2 heterocycles. The quantitative estimate of drug-likeness (QED) is 0.651. The van der Waals surface area contributed by atoms with E-state index >= 15 is 0 Å². The fraction of sp³-hybridized carbons (Fsp3) is 0.100. The molecule has 3 aromatic rings. The van der Waals surface area contributed by atoms with E-state index in [1.54, 1.807) is 6.20 Å². The molecule has 2 aromatic heterocycles. The zero-order valence-corrected chi connectivity index (χ0v) is 8.06. The first-order valence-electron chi connectivity index (χ1n) is 4.56. The molecule has 0 amide bonds. The lowest BCUT2D eigenvalue weighted by Crippen LogP contribution is -1.76. The number of fused-ring (bicyclic) bond motifs is 1. The lowest BCUT2D eigenvalue weighted by atomic mass is 10.2. The standard InChI is InChI=1S/C10H8N4O/c1-6-2-3-9-7(4-6)12-10(15-9)8-5-11-14-13-8/h2-5H,1H3,(H,11,13,14). The number of nitrogens with zero attached hydrogens (tertiary/aromatic N) is 3. The first-order valence-corrected chi connectivity index (χ1v) is 4.56. The molecule has 15 heavy (non-hydrogen) atoms. The van der Waals surface area contributed by atoms with Gasteiger partial charge >= 0.3 is 0 Å². The Morgan fingerprint density at radius 2 is 2.27 bits per heavy atom. The summed E-state index contributed by atoms with van der Waals surface area (Å²) >= 11 is 0. The van der Waals surface area contributed by atoms with Gasteiger partial charge in [0.25, 0.3) is 0 Å². The molecule has 5 heteroatoms. The van der Waals surface area contributed by atoms with Crippen molar-refractivity contribution in [2.45, 2.75) is 6.92 Å². The molecule has 0 saturated carbocycles. The van der Waals surface area contributed by atoms with Gasteiger partial charge in [-0.25, -0.2) is 4.98 Å². The van der Waals surface area contributed by atoms with Crippen molar-refractivity contribution in [3.05, 3.63) is 30.0 Å². The van der Waals surface area contributed by atoms with Crippen LogP contribution in [0.25, 0.3) is 22.7 Å². The molecule has 0 aliphatic heterocycles. The molecular weight excluding hydrogens is 192 g/mol. The second-order valence-corrected chi connectivity index (χ2v) is 3.35. The highest BCUT2D eigenvalue weighted by Crippen LogP contribution is 2.22. The number of aromatic nitrogens is 4. The Morgan fingerprint density at radius 1 is 1.33 bits per heavy atom. The minimum Gasteiger partial charge on any atom is -0.435 e. The van der Waals surface area contributed by atoms with Gasteiger partial charge in [-0.15, -0.1) is 0 Å². The SMILES string of the molecule is Cc1ccc2oc(-c3cn[nH]n3)nc2c1. The van der Waals surface area contributed by atoms with Crippen LogP contribution in [-0.4, -0.2) is 20.4 Å². The average molecular weight is 200 g/mol. The molecule has 0 atom stereocenters. The maximum absolute atomic E-state index is 5.53.